The van der Waals surface area contributed by atoms with E-state index in [4.69, 9.17) is 0 Å². The Morgan fingerprint density at radius 3 is 2.68 bits per heavy atom. The molecular formula is C18H20F3N5O2. The number of carbonyl (C=O) groups is 2. The normalized spacial score (nSPS) is 19.9. The zero-order chi connectivity index (χ0) is 20.6. The van der Waals surface area contributed by atoms with Crippen LogP contribution in [0.2, 0.25) is 0 Å². The fourth-order valence-corrected chi connectivity index (χ4v) is 3.46. The SMILES string of the molecule is Cc1c([C@@H]2[C@@H](CNC(=O)c3ccnc(C(F)(F)F)c3)CC(=O)N2C)cnn1C. The van der Waals surface area contributed by atoms with Crippen LogP contribution < -0.4 is 5.32 Å². The maximum atomic E-state index is 12.8. The number of pyridine rings is 1. The van der Waals surface area contributed by atoms with Crippen molar-refractivity contribution in [1.29, 1.82) is 0 Å². The maximum absolute atomic E-state index is 12.8. The van der Waals surface area contributed by atoms with Gasteiger partial charge in [-0.15, -0.1) is 0 Å². The molecule has 0 spiro atoms. The molecule has 1 aliphatic heterocycles. The number of nitrogens with one attached hydrogen (secondary N) is 1. The number of likely N-dealkylation sites (tertiary alicyclic amines) is 1. The van der Waals surface area contributed by atoms with E-state index in [1.807, 2.05) is 6.92 Å². The van der Waals surface area contributed by atoms with Gasteiger partial charge in [0.25, 0.3) is 5.91 Å². The van der Waals surface area contributed by atoms with Gasteiger partial charge in [0.2, 0.25) is 5.91 Å². The largest absolute Gasteiger partial charge is 0.433 e. The maximum Gasteiger partial charge on any atom is 0.433 e. The van der Waals surface area contributed by atoms with Crippen LogP contribution in [0, 0.1) is 12.8 Å². The first kappa shape index (κ1) is 19.8. The second-order valence-electron chi connectivity index (χ2n) is 6.86. The second kappa shape index (κ2) is 7.25. The predicted octanol–water partition coefficient (Wildman–Crippen LogP) is 2.09. The lowest BCUT2D eigenvalue weighted by atomic mass is 9.94. The van der Waals surface area contributed by atoms with Crippen LogP contribution in [0.3, 0.4) is 0 Å². The van der Waals surface area contributed by atoms with Gasteiger partial charge < -0.3 is 10.2 Å². The van der Waals surface area contributed by atoms with Crippen molar-refractivity contribution in [2.75, 3.05) is 13.6 Å². The van der Waals surface area contributed by atoms with E-state index < -0.39 is 17.8 Å². The average molecular weight is 395 g/mol. The third kappa shape index (κ3) is 3.71. The summed E-state index contributed by atoms with van der Waals surface area (Å²) in [6, 6.07) is 1.67. The van der Waals surface area contributed by atoms with Crippen LogP contribution in [0.15, 0.2) is 24.5 Å². The van der Waals surface area contributed by atoms with E-state index in [1.54, 1.807) is 29.9 Å². The fourth-order valence-electron chi connectivity index (χ4n) is 3.46. The molecular weight excluding hydrogens is 375 g/mol. The van der Waals surface area contributed by atoms with Gasteiger partial charge in [0.15, 0.2) is 0 Å². The number of carbonyl (C=O) groups excluding carboxylic acids is 2. The zero-order valence-electron chi connectivity index (χ0n) is 15.6. The second-order valence-corrected chi connectivity index (χ2v) is 6.86. The van der Waals surface area contributed by atoms with E-state index in [0.717, 1.165) is 17.5 Å². The minimum atomic E-state index is -4.63. The highest BCUT2D eigenvalue weighted by atomic mass is 19.4. The number of nitrogens with zero attached hydrogens (tertiary/aromatic N) is 4. The molecule has 1 aliphatic rings. The zero-order valence-corrected chi connectivity index (χ0v) is 15.6. The van der Waals surface area contributed by atoms with E-state index >= 15 is 0 Å². The van der Waals surface area contributed by atoms with Gasteiger partial charge in [0.05, 0.1) is 12.2 Å². The number of aryl methyl sites for hydroxylation is 1. The van der Waals surface area contributed by atoms with Crippen molar-refractivity contribution in [2.24, 2.45) is 13.0 Å². The number of rotatable bonds is 4. The van der Waals surface area contributed by atoms with Crippen molar-refractivity contribution in [2.45, 2.75) is 25.6 Å². The summed E-state index contributed by atoms with van der Waals surface area (Å²) in [7, 11) is 3.49. The smallest absolute Gasteiger partial charge is 0.352 e. The molecule has 3 heterocycles. The highest BCUT2D eigenvalue weighted by molar-refractivity contribution is 5.94. The van der Waals surface area contributed by atoms with Crippen LogP contribution in [0.1, 0.15) is 39.8 Å². The summed E-state index contributed by atoms with van der Waals surface area (Å²) in [4.78, 5) is 29.4. The number of aromatic nitrogens is 3. The van der Waals surface area contributed by atoms with Gasteiger partial charge in [-0.2, -0.15) is 18.3 Å². The Bertz CT molecular complexity index is 909. The first-order valence-corrected chi connectivity index (χ1v) is 8.65. The van der Waals surface area contributed by atoms with Crippen LogP contribution in [0.4, 0.5) is 13.2 Å². The average Bonchev–Trinajstić information content (AvgIpc) is 3.11. The van der Waals surface area contributed by atoms with E-state index in [2.05, 4.69) is 15.4 Å². The minimum absolute atomic E-state index is 0.0595. The summed E-state index contributed by atoms with van der Waals surface area (Å²) in [6.45, 7) is 2.04. The molecule has 0 bridgehead atoms. The summed E-state index contributed by atoms with van der Waals surface area (Å²) in [5.74, 6) is -0.916. The number of alkyl halides is 3. The molecule has 2 amide bonds. The van der Waals surface area contributed by atoms with Gasteiger partial charge in [0, 0.05) is 56.0 Å². The van der Waals surface area contributed by atoms with Crippen LogP contribution in [0.25, 0.3) is 0 Å². The molecule has 2 atom stereocenters. The van der Waals surface area contributed by atoms with Crippen molar-refractivity contribution in [3.8, 4) is 0 Å². The van der Waals surface area contributed by atoms with Crippen LogP contribution in [0.5, 0.6) is 0 Å². The van der Waals surface area contributed by atoms with Crippen LogP contribution in [-0.4, -0.2) is 45.1 Å². The minimum Gasteiger partial charge on any atom is -0.352 e. The molecule has 0 aromatic carbocycles. The summed E-state index contributed by atoms with van der Waals surface area (Å²) >= 11 is 0. The van der Waals surface area contributed by atoms with E-state index in [1.165, 1.54) is 6.07 Å². The number of hydrogen-bond acceptors (Lipinski definition) is 4. The monoisotopic (exact) mass is 395 g/mol. The topological polar surface area (TPSA) is 80.1 Å². The Labute approximate surface area is 159 Å². The quantitative estimate of drug-likeness (QED) is 0.860. The summed E-state index contributed by atoms with van der Waals surface area (Å²) in [5.41, 5.74) is 0.541. The highest BCUT2D eigenvalue weighted by Crippen LogP contribution is 2.37. The Hall–Kier alpha value is -2.91. The molecule has 1 saturated heterocycles. The summed E-state index contributed by atoms with van der Waals surface area (Å²) < 4.78 is 40.1. The van der Waals surface area contributed by atoms with Gasteiger partial charge in [-0.05, 0) is 19.1 Å². The van der Waals surface area contributed by atoms with Crippen molar-refractivity contribution < 1.29 is 22.8 Å². The molecule has 7 nitrogen and oxygen atoms in total. The number of amides is 2. The number of hydrogen-bond donors (Lipinski definition) is 1. The van der Waals surface area contributed by atoms with Gasteiger partial charge >= 0.3 is 6.18 Å². The Kier molecular flexibility index (Phi) is 5.14. The molecule has 28 heavy (non-hydrogen) atoms. The molecule has 1 fully saturated rings. The lowest BCUT2D eigenvalue weighted by Crippen LogP contribution is -2.33. The lowest BCUT2D eigenvalue weighted by molar-refractivity contribution is -0.141. The molecule has 0 unspecified atom stereocenters. The van der Waals surface area contributed by atoms with Crippen molar-refractivity contribution in [3.05, 3.63) is 47.0 Å². The van der Waals surface area contributed by atoms with Crippen molar-refractivity contribution in [1.82, 2.24) is 25.0 Å². The standard InChI is InChI=1S/C18H20F3N5O2/c1-10-13(9-24-26(10)3)16-12(7-15(27)25(16)2)8-23-17(28)11-4-5-22-14(6-11)18(19,20)21/h4-6,9,12,16H,7-8H2,1-3H3,(H,23,28)/t12-,16+/m1/s1. The predicted molar refractivity (Wildman–Crippen MR) is 93.1 cm³/mol. The van der Waals surface area contributed by atoms with Gasteiger partial charge in [0.1, 0.15) is 5.69 Å². The van der Waals surface area contributed by atoms with Crippen LogP contribution in [-0.2, 0) is 18.0 Å². The van der Waals surface area contributed by atoms with Crippen molar-refractivity contribution in [3.63, 3.8) is 0 Å². The van der Waals surface area contributed by atoms with Gasteiger partial charge in [-0.3, -0.25) is 19.3 Å². The van der Waals surface area contributed by atoms with Gasteiger partial charge in [-0.1, -0.05) is 0 Å². The molecule has 2 aromatic rings. The molecule has 0 saturated carbocycles. The third-order valence-corrected chi connectivity index (χ3v) is 5.12. The molecule has 2 aromatic heterocycles. The highest BCUT2D eigenvalue weighted by Gasteiger charge is 2.40. The Morgan fingerprint density at radius 2 is 2.07 bits per heavy atom. The van der Waals surface area contributed by atoms with E-state index in [9.17, 15) is 22.8 Å². The lowest BCUT2D eigenvalue weighted by Gasteiger charge is -2.25. The van der Waals surface area contributed by atoms with Gasteiger partial charge in [-0.25, -0.2) is 0 Å². The molecule has 0 aliphatic carbocycles. The molecule has 3 rings (SSSR count). The molecule has 10 heteroatoms. The Balaban J connectivity index is 1.75. The third-order valence-electron chi connectivity index (χ3n) is 5.12. The fraction of sp³-hybridized carbons (Fsp3) is 0.444. The van der Waals surface area contributed by atoms with Crippen molar-refractivity contribution >= 4 is 11.8 Å². The van der Waals surface area contributed by atoms with Crippen LogP contribution >= 0.6 is 0 Å². The first-order valence-electron chi connectivity index (χ1n) is 8.65. The molecule has 0 radical (unpaired) electrons. The van der Waals surface area contributed by atoms with E-state index in [-0.39, 0.29) is 36.4 Å². The number of halogens is 3. The molecule has 1 N–H and O–H groups in total. The molecule has 150 valence electrons. The van der Waals surface area contributed by atoms with E-state index in [0.29, 0.717) is 6.07 Å². The summed E-state index contributed by atoms with van der Waals surface area (Å²) in [6.07, 6.45) is -1.74. The first-order chi connectivity index (χ1) is 13.1. The Morgan fingerprint density at radius 1 is 1.36 bits per heavy atom. The summed E-state index contributed by atoms with van der Waals surface area (Å²) in [5, 5.41) is 6.85.